The highest BCUT2D eigenvalue weighted by Crippen LogP contribution is 2.35. The Labute approximate surface area is 167 Å². The Kier molecular flexibility index (Phi) is 5.67. The van der Waals surface area contributed by atoms with E-state index >= 15 is 0 Å². The number of carbonyl (C=O) groups excluding carboxylic acids is 1. The number of rotatable bonds is 6. The first-order chi connectivity index (χ1) is 13.9. The van der Waals surface area contributed by atoms with Crippen LogP contribution in [0, 0.1) is 5.82 Å². The molecular formula is C20H22FN5O3. The molecule has 0 atom stereocenters. The van der Waals surface area contributed by atoms with Crippen LogP contribution in [-0.2, 0) is 13.1 Å². The van der Waals surface area contributed by atoms with Gasteiger partial charge in [0.1, 0.15) is 11.5 Å². The lowest BCUT2D eigenvalue weighted by atomic mass is 10.0. The number of allylic oxidation sites excluding steroid dienone is 1. The van der Waals surface area contributed by atoms with Gasteiger partial charge in [-0.05, 0) is 12.1 Å². The maximum Gasteiger partial charge on any atom is 0.257 e. The minimum Gasteiger partial charge on any atom is -0.497 e. The van der Waals surface area contributed by atoms with Gasteiger partial charge in [0.25, 0.3) is 5.91 Å². The smallest absolute Gasteiger partial charge is 0.257 e. The van der Waals surface area contributed by atoms with Gasteiger partial charge in [0.2, 0.25) is 0 Å². The number of pyridine rings is 1. The summed E-state index contributed by atoms with van der Waals surface area (Å²) in [4.78, 5) is 22.6. The summed E-state index contributed by atoms with van der Waals surface area (Å²) >= 11 is 0. The fourth-order valence-electron chi connectivity index (χ4n) is 3.28. The van der Waals surface area contributed by atoms with Crippen LogP contribution in [0.4, 0.5) is 10.2 Å². The maximum absolute atomic E-state index is 14.7. The fourth-order valence-corrected chi connectivity index (χ4v) is 3.28. The molecule has 3 rings (SSSR count). The molecule has 1 amide bonds. The Balaban J connectivity index is 2.02. The summed E-state index contributed by atoms with van der Waals surface area (Å²) in [7, 11) is 4.64. The van der Waals surface area contributed by atoms with Crippen LogP contribution in [0.1, 0.15) is 27.2 Å². The number of benzene rings is 1. The van der Waals surface area contributed by atoms with Crippen LogP contribution in [0.2, 0.25) is 0 Å². The summed E-state index contributed by atoms with van der Waals surface area (Å²) in [6.45, 7) is 0.263. The number of nitrogen functional groups attached to an aromatic ring is 1. The van der Waals surface area contributed by atoms with Crippen molar-refractivity contribution in [2.24, 2.45) is 10.7 Å². The summed E-state index contributed by atoms with van der Waals surface area (Å²) in [5.74, 6) is -0.177. The van der Waals surface area contributed by atoms with E-state index in [-0.39, 0.29) is 41.6 Å². The van der Waals surface area contributed by atoms with Crippen LogP contribution < -0.4 is 20.9 Å². The van der Waals surface area contributed by atoms with Crippen LogP contribution in [0.25, 0.3) is 5.57 Å². The first-order valence-corrected chi connectivity index (χ1v) is 8.77. The topological polar surface area (TPSA) is 116 Å². The lowest BCUT2D eigenvalue weighted by Crippen LogP contribution is -2.24. The van der Waals surface area contributed by atoms with Crippen molar-refractivity contribution in [1.29, 1.82) is 0 Å². The molecule has 0 bridgehead atoms. The normalized spacial score (nSPS) is 13.9. The fraction of sp³-hybridized carbons (Fsp3) is 0.250. The van der Waals surface area contributed by atoms with E-state index < -0.39 is 5.82 Å². The number of ether oxygens (including phenoxy) is 2. The Hall–Kier alpha value is -3.62. The molecule has 0 saturated carbocycles. The zero-order valence-corrected chi connectivity index (χ0v) is 16.4. The van der Waals surface area contributed by atoms with Crippen LogP contribution in [-0.4, -0.2) is 43.3 Å². The van der Waals surface area contributed by atoms with Crippen LogP contribution >= 0.6 is 0 Å². The van der Waals surface area contributed by atoms with Crippen LogP contribution in [0.15, 0.2) is 29.4 Å². The van der Waals surface area contributed by atoms with Gasteiger partial charge >= 0.3 is 0 Å². The van der Waals surface area contributed by atoms with E-state index in [1.54, 1.807) is 32.4 Å². The summed E-state index contributed by atoms with van der Waals surface area (Å²) in [5.41, 5.74) is 13.1. The Morgan fingerprint density at radius 2 is 2.14 bits per heavy atom. The second-order valence-electron chi connectivity index (χ2n) is 6.36. The number of aromatic nitrogens is 1. The molecule has 1 aromatic heterocycles. The van der Waals surface area contributed by atoms with E-state index in [0.717, 1.165) is 5.56 Å². The molecule has 9 heteroatoms. The van der Waals surface area contributed by atoms with Crippen molar-refractivity contribution in [3.05, 3.63) is 52.6 Å². The third kappa shape index (κ3) is 3.58. The monoisotopic (exact) mass is 399 g/mol. The summed E-state index contributed by atoms with van der Waals surface area (Å²) in [6, 6.07) is 5.29. The van der Waals surface area contributed by atoms with Gasteiger partial charge < -0.3 is 25.8 Å². The number of hydrogen-bond donors (Lipinski definition) is 2. The summed E-state index contributed by atoms with van der Waals surface area (Å²) < 4.78 is 25.3. The van der Waals surface area contributed by atoms with E-state index in [9.17, 15) is 9.18 Å². The third-order valence-electron chi connectivity index (χ3n) is 4.69. The van der Waals surface area contributed by atoms with E-state index in [4.69, 9.17) is 20.9 Å². The highest BCUT2D eigenvalue weighted by atomic mass is 19.1. The third-order valence-corrected chi connectivity index (χ3v) is 4.69. The second-order valence-corrected chi connectivity index (χ2v) is 6.36. The largest absolute Gasteiger partial charge is 0.497 e. The standard InChI is InChI=1S/C20H22FN5O3/c1-24-8-12(7-22)18-16-14(17(21)19(23)25-18)10-26(20(16)27)9-11-4-5-13(28-2)6-15(11)29-3/h4-8H,9-10,22H2,1-3H3,(H2,23,25). The van der Waals surface area contributed by atoms with Gasteiger partial charge in [-0.1, -0.05) is 0 Å². The highest BCUT2D eigenvalue weighted by Gasteiger charge is 2.35. The summed E-state index contributed by atoms with van der Waals surface area (Å²) in [6.07, 6.45) is 2.71. The van der Waals surface area contributed by atoms with E-state index in [1.165, 1.54) is 24.4 Å². The average Bonchev–Trinajstić information content (AvgIpc) is 3.06. The van der Waals surface area contributed by atoms with E-state index in [2.05, 4.69) is 9.98 Å². The number of nitrogens with zero attached hydrogens (tertiary/aromatic N) is 3. The molecule has 0 saturated heterocycles. The molecule has 2 aromatic rings. The van der Waals surface area contributed by atoms with Gasteiger partial charge in [-0.3, -0.25) is 9.79 Å². The van der Waals surface area contributed by atoms with Gasteiger partial charge in [-0.25, -0.2) is 9.37 Å². The zero-order valence-electron chi connectivity index (χ0n) is 16.4. The lowest BCUT2D eigenvalue weighted by molar-refractivity contribution is 0.0765. The quantitative estimate of drug-likeness (QED) is 0.718. The molecule has 0 radical (unpaired) electrons. The molecule has 152 valence electrons. The number of halogens is 1. The van der Waals surface area contributed by atoms with Crippen molar-refractivity contribution in [3.8, 4) is 11.5 Å². The molecule has 1 aromatic carbocycles. The van der Waals surface area contributed by atoms with Crippen LogP contribution in [0.3, 0.4) is 0 Å². The number of aliphatic imine (C=N–C) groups is 1. The molecular weight excluding hydrogens is 377 g/mol. The Morgan fingerprint density at radius 3 is 2.76 bits per heavy atom. The number of nitrogens with two attached hydrogens (primary N) is 2. The molecule has 0 aliphatic carbocycles. The van der Waals surface area contributed by atoms with Crippen molar-refractivity contribution in [1.82, 2.24) is 9.88 Å². The zero-order chi connectivity index (χ0) is 21.1. The number of amides is 1. The lowest BCUT2D eigenvalue weighted by Gasteiger charge is -2.18. The first-order valence-electron chi connectivity index (χ1n) is 8.77. The van der Waals surface area contributed by atoms with Gasteiger partial charge in [-0.15, -0.1) is 0 Å². The number of fused-ring (bicyclic) bond motifs is 1. The number of methoxy groups -OCH3 is 2. The minimum absolute atomic E-state index is 0.0516. The van der Waals surface area contributed by atoms with E-state index in [1.807, 2.05) is 0 Å². The Morgan fingerprint density at radius 1 is 1.38 bits per heavy atom. The minimum atomic E-state index is -0.703. The van der Waals surface area contributed by atoms with Crippen molar-refractivity contribution in [3.63, 3.8) is 0 Å². The Bertz CT molecular complexity index is 1020. The maximum atomic E-state index is 14.7. The van der Waals surface area contributed by atoms with Gasteiger partial charge in [0.05, 0.1) is 32.0 Å². The van der Waals surface area contributed by atoms with Gasteiger partial charge in [0, 0.05) is 48.8 Å². The molecule has 0 spiro atoms. The molecule has 0 fully saturated rings. The molecule has 1 aliphatic rings. The second kappa shape index (κ2) is 8.17. The predicted molar refractivity (Wildman–Crippen MR) is 108 cm³/mol. The average molecular weight is 399 g/mol. The van der Waals surface area contributed by atoms with Crippen LogP contribution in [0.5, 0.6) is 11.5 Å². The van der Waals surface area contributed by atoms with Gasteiger partial charge in [0.15, 0.2) is 11.6 Å². The number of carbonyl (C=O) groups is 1. The van der Waals surface area contributed by atoms with Crippen molar-refractivity contribution in [2.45, 2.75) is 13.1 Å². The molecule has 8 nitrogen and oxygen atoms in total. The molecule has 0 unspecified atom stereocenters. The van der Waals surface area contributed by atoms with Crippen molar-refractivity contribution in [2.75, 3.05) is 27.0 Å². The van der Waals surface area contributed by atoms with Gasteiger partial charge in [-0.2, -0.15) is 0 Å². The first kappa shape index (κ1) is 20.1. The molecule has 2 heterocycles. The van der Waals surface area contributed by atoms with E-state index in [0.29, 0.717) is 17.1 Å². The van der Waals surface area contributed by atoms with Crippen molar-refractivity contribution < 1.29 is 18.7 Å². The highest BCUT2D eigenvalue weighted by molar-refractivity contribution is 6.14. The molecule has 1 aliphatic heterocycles. The molecule has 29 heavy (non-hydrogen) atoms. The SMILES string of the molecule is CN=CC(=CN)c1nc(N)c(F)c2c1C(=O)N(Cc1ccc(OC)cc1OC)C2. The van der Waals surface area contributed by atoms with Crippen molar-refractivity contribution >= 4 is 23.5 Å². The predicted octanol–water partition coefficient (Wildman–Crippen LogP) is 1.98. The molecule has 4 N–H and O–H groups in total. The number of hydrogen-bond acceptors (Lipinski definition) is 7. The number of anilines is 1. The summed E-state index contributed by atoms with van der Waals surface area (Å²) in [5, 5.41) is 0.